The molecule has 0 N–H and O–H groups in total. The van der Waals surface area contributed by atoms with Crippen LogP contribution in [0.5, 0.6) is 0 Å². The molecule has 2 heterocycles. The number of hydrogen-bond acceptors (Lipinski definition) is 3. The molecule has 0 bridgehead atoms. The van der Waals surface area contributed by atoms with Gasteiger partial charge in [-0.2, -0.15) is 0 Å². The Morgan fingerprint density at radius 2 is 1.65 bits per heavy atom. The van der Waals surface area contributed by atoms with Gasteiger partial charge in [0.25, 0.3) is 0 Å². The highest BCUT2D eigenvalue weighted by Gasteiger charge is 2.38. The van der Waals surface area contributed by atoms with Crippen molar-refractivity contribution in [3.05, 3.63) is 10.1 Å². The minimum Gasteiger partial charge on any atom is -0.444 e. The lowest BCUT2D eigenvalue weighted by atomic mass is 9.85. The molecule has 2 saturated heterocycles. The van der Waals surface area contributed by atoms with Crippen molar-refractivity contribution in [2.75, 3.05) is 26.2 Å². The van der Waals surface area contributed by atoms with Crippen LogP contribution in [0.15, 0.2) is 10.1 Å². The summed E-state index contributed by atoms with van der Waals surface area (Å²) in [5, 5.41) is 0. The number of halogens is 1. The van der Waals surface area contributed by atoms with Gasteiger partial charge in [0.1, 0.15) is 5.60 Å². The van der Waals surface area contributed by atoms with Crippen molar-refractivity contribution >= 4 is 22.0 Å². The van der Waals surface area contributed by atoms with E-state index < -0.39 is 5.60 Å². The third-order valence-electron chi connectivity index (χ3n) is 5.11. The van der Waals surface area contributed by atoms with Gasteiger partial charge in [-0.1, -0.05) is 21.5 Å². The monoisotopic (exact) mass is 386 g/mol. The molecule has 0 aromatic heterocycles. The van der Waals surface area contributed by atoms with Gasteiger partial charge in [0, 0.05) is 31.7 Å². The van der Waals surface area contributed by atoms with E-state index in [1.807, 2.05) is 25.7 Å². The average molecular weight is 387 g/mol. The predicted molar refractivity (Wildman–Crippen MR) is 97.9 cm³/mol. The summed E-state index contributed by atoms with van der Waals surface area (Å²) in [6.07, 6.45) is 4.19. The molecule has 0 atom stereocenters. The molecule has 132 valence electrons. The van der Waals surface area contributed by atoms with E-state index >= 15 is 0 Å². The predicted octanol–water partition coefficient (Wildman–Crippen LogP) is 4.54. The van der Waals surface area contributed by atoms with E-state index in [1.165, 1.54) is 4.48 Å². The lowest BCUT2D eigenvalue weighted by Gasteiger charge is -2.48. The number of carbonyl (C=O) groups excluding carboxylic acids is 1. The van der Waals surface area contributed by atoms with Crippen LogP contribution in [0.4, 0.5) is 4.79 Å². The number of piperidine rings is 2. The molecule has 0 radical (unpaired) electrons. The lowest BCUT2D eigenvalue weighted by molar-refractivity contribution is -0.00376. The largest absolute Gasteiger partial charge is 0.444 e. The summed E-state index contributed by atoms with van der Waals surface area (Å²) < 4.78 is 6.80. The van der Waals surface area contributed by atoms with Gasteiger partial charge in [0.05, 0.1) is 0 Å². The average Bonchev–Trinajstić information content (AvgIpc) is 2.46. The molecule has 0 spiro atoms. The van der Waals surface area contributed by atoms with Gasteiger partial charge in [-0.15, -0.1) is 0 Å². The van der Waals surface area contributed by atoms with Gasteiger partial charge in [-0.05, 0) is 64.8 Å². The molecule has 0 aliphatic carbocycles. The van der Waals surface area contributed by atoms with E-state index in [1.54, 1.807) is 5.57 Å². The van der Waals surface area contributed by atoms with Crippen LogP contribution in [-0.4, -0.2) is 53.2 Å². The van der Waals surface area contributed by atoms with Crippen LogP contribution in [0.3, 0.4) is 0 Å². The first-order valence-corrected chi connectivity index (χ1v) is 9.47. The van der Waals surface area contributed by atoms with Crippen molar-refractivity contribution in [3.63, 3.8) is 0 Å². The number of allylic oxidation sites excluding steroid dienone is 1. The molecular formula is C18H31BrN2O2. The van der Waals surface area contributed by atoms with Crippen molar-refractivity contribution in [3.8, 4) is 0 Å². The minimum absolute atomic E-state index is 0.168. The maximum atomic E-state index is 12.2. The van der Waals surface area contributed by atoms with Crippen LogP contribution in [-0.2, 0) is 4.74 Å². The Balaban J connectivity index is 1.88. The van der Waals surface area contributed by atoms with Crippen LogP contribution in [0.25, 0.3) is 0 Å². The Morgan fingerprint density at radius 3 is 2.09 bits per heavy atom. The molecule has 2 aliphatic heterocycles. The fourth-order valence-electron chi connectivity index (χ4n) is 3.47. The van der Waals surface area contributed by atoms with Crippen molar-refractivity contribution in [2.45, 2.75) is 71.4 Å². The summed E-state index contributed by atoms with van der Waals surface area (Å²) in [5.74, 6) is 0. The normalized spacial score (nSPS) is 22.9. The Morgan fingerprint density at radius 1 is 1.13 bits per heavy atom. The number of rotatable bonds is 1. The van der Waals surface area contributed by atoms with Crippen LogP contribution < -0.4 is 0 Å². The Bertz CT molecular complexity index is 460. The molecule has 2 aliphatic rings. The van der Waals surface area contributed by atoms with Crippen LogP contribution >= 0.6 is 15.9 Å². The zero-order chi connectivity index (χ0) is 17.3. The Kier molecular flexibility index (Phi) is 5.83. The van der Waals surface area contributed by atoms with Crippen molar-refractivity contribution in [1.29, 1.82) is 0 Å². The number of nitrogens with zero attached hydrogens (tertiary/aromatic N) is 2. The van der Waals surface area contributed by atoms with Gasteiger partial charge in [0.15, 0.2) is 0 Å². The summed E-state index contributed by atoms with van der Waals surface area (Å²) in [4.78, 5) is 16.7. The van der Waals surface area contributed by atoms with Gasteiger partial charge >= 0.3 is 6.09 Å². The second-order valence-electron chi connectivity index (χ2n) is 8.09. The van der Waals surface area contributed by atoms with Gasteiger partial charge < -0.3 is 9.64 Å². The highest BCUT2D eigenvalue weighted by molar-refractivity contribution is 9.11. The topological polar surface area (TPSA) is 32.8 Å². The molecule has 0 aromatic carbocycles. The summed E-state index contributed by atoms with van der Waals surface area (Å²) in [5.41, 5.74) is 1.35. The van der Waals surface area contributed by atoms with Crippen LogP contribution in [0, 0.1) is 0 Å². The maximum Gasteiger partial charge on any atom is 0.410 e. The fraction of sp³-hybridized carbons (Fsp3) is 0.833. The molecule has 2 fully saturated rings. The number of likely N-dealkylation sites (tertiary alicyclic amines) is 2. The molecule has 0 unspecified atom stereocenters. The van der Waals surface area contributed by atoms with E-state index in [0.29, 0.717) is 0 Å². The molecule has 5 heteroatoms. The fourth-order valence-corrected chi connectivity index (χ4v) is 3.87. The Hall–Kier alpha value is -0.550. The van der Waals surface area contributed by atoms with Crippen LogP contribution in [0.1, 0.15) is 60.3 Å². The highest BCUT2D eigenvalue weighted by atomic mass is 79.9. The van der Waals surface area contributed by atoms with Crippen molar-refractivity contribution in [1.82, 2.24) is 9.80 Å². The quantitative estimate of drug-likeness (QED) is 0.662. The van der Waals surface area contributed by atoms with Crippen LogP contribution in [0.2, 0.25) is 0 Å². The van der Waals surface area contributed by atoms with E-state index in [2.05, 4.69) is 34.7 Å². The summed E-state index contributed by atoms with van der Waals surface area (Å²) in [6.45, 7) is 14.1. The molecule has 23 heavy (non-hydrogen) atoms. The minimum atomic E-state index is -0.416. The number of hydrogen-bond donors (Lipinski definition) is 0. The number of ether oxygens (including phenoxy) is 1. The summed E-state index contributed by atoms with van der Waals surface area (Å²) >= 11 is 3.62. The SMILES string of the molecule is CC(Br)=C1CCN(C2(C)CCN(C(=O)OC(C)(C)C)CC2)CC1. The zero-order valence-electron chi connectivity index (χ0n) is 15.2. The van der Waals surface area contributed by atoms with Gasteiger partial charge in [-0.25, -0.2) is 4.79 Å². The first-order valence-electron chi connectivity index (χ1n) is 8.68. The molecule has 1 amide bonds. The first kappa shape index (κ1) is 18.8. The number of amides is 1. The summed E-state index contributed by atoms with van der Waals surface area (Å²) in [7, 11) is 0. The van der Waals surface area contributed by atoms with Crippen molar-refractivity contribution in [2.24, 2.45) is 0 Å². The molecule has 4 nitrogen and oxygen atoms in total. The standard InChI is InChI=1S/C18H31BrN2O2/c1-14(19)15-6-10-21(11-7-15)18(5)8-12-20(13-9-18)16(22)23-17(2,3)4/h6-13H2,1-5H3. The lowest BCUT2D eigenvalue weighted by Crippen LogP contribution is -2.56. The third-order valence-corrected chi connectivity index (χ3v) is 5.67. The zero-order valence-corrected chi connectivity index (χ0v) is 16.8. The third kappa shape index (κ3) is 4.96. The number of carbonyl (C=O) groups is 1. The highest BCUT2D eigenvalue weighted by Crippen LogP contribution is 2.33. The van der Waals surface area contributed by atoms with E-state index in [4.69, 9.17) is 4.74 Å². The molecule has 0 saturated carbocycles. The van der Waals surface area contributed by atoms with E-state index in [0.717, 1.165) is 51.9 Å². The van der Waals surface area contributed by atoms with Gasteiger partial charge in [0.2, 0.25) is 0 Å². The van der Waals surface area contributed by atoms with Crippen molar-refractivity contribution < 1.29 is 9.53 Å². The van der Waals surface area contributed by atoms with E-state index in [9.17, 15) is 4.79 Å². The molecule has 2 rings (SSSR count). The smallest absolute Gasteiger partial charge is 0.410 e. The Labute approximate surface area is 149 Å². The van der Waals surface area contributed by atoms with Gasteiger partial charge in [-0.3, -0.25) is 4.90 Å². The van der Waals surface area contributed by atoms with E-state index in [-0.39, 0.29) is 11.6 Å². The molecular weight excluding hydrogens is 356 g/mol. The maximum absolute atomic E-state index is 12.2. The summed E-state index contributed by atoms with van der Waals surface area (Å²) in [6, 6.07) is 0. The molecule has 0 aromatic rings. The first-order chi connectivity index (χ1) is 10.6. The second-order valence-corrected chi connectivity index (χ2v) is 9.28. The second kappa shape index (κ2) is 7.14.